The van der Waals surface area contributed by atoms with Crippen LogP contribution in [-0.2, 0) is 0 Å². The van der Waals surface area contributed by atoms with Crippen molar-refractivity contribution in [3.05, 3.63) is 46.1 Å². The molecule has 3 atom stereocenters. The van der Waals surface area contributed by atoms with Crippen LogP contribution < -0.4 is 4.74 Å². The van der Waals surface area contributed by atoms with Crippen LogP contribution in [0.15, 0.2) is 34.9 Å². The van der Waals surface area contributed by atoms with E-state index in [0.29, 0.717) is 24.3 Å². The van der Waals surface area contributed by atoms with Gasteiger partial charge in [-0.15, -0.1) is 0 Å². The molecule has 0 aromatic heterocycles. The fourth-order valence-electron chi connectivity index (χ4n) is 4.51. The van der Waals surface area contributed by atoms with Gasteiger partial charge in [0.1, 0.15) is 11.5 Å². The van der Waals surface area contributed by atoms with Gasteiger partial charge in [-0.2, -0.15) is 0 Å². The smallest absolute Gasteiger partial charge is 0.209 e. The zero-order valence-corrected chi connectivity index (χ0v) is 16.0. The second-order valence-electron chi connectivity index (χ2n) is 7.78. The predicted molar refractivity (Wildman–Crippen MR) is 101 cm³/mol. The minimum Gasteiger partial charge on any atom is -0.507 e. The van der Waals surface area contributed by atoms with Crippen LogP contribution in [0.1, 0.15) is 83.3 Å². The van der Waals surface area contributed by atoms with Crippen LogP contribution >= 0.6 is 0 Å². The van der Waals surface area contributed by atoms with E-state index in [4.69, 9.17) is 4.74 Å². The van der Waals surface area contributed by atoms with Gasteiger partial charge >= 0.3 is 0 Å². The first kappa shape index (κ1) is 18.1. The van der Waals surface area contributed by atoms with Gasteiger partial charge in [0.2, 0.25) is 5.79 Å². The van der Waals surface area contributed by atoms with Gasteiger partial charge in [-0.25, -0.2) is 0 Å². The van der Waals surface area contributed by atoms with Crippen LogP contribution in [0.2, 0.25) is 0 Å². The topological polar surface area (TPSA) is 49.7 Å². The van der Waals surface area contributed by atoms with Gasteiger partial charge in [-0.05, 0) is 58.2 Å². The zero-order chi connectivity index (χ0) is 18.4. The summed E-state index contributed by atoms with van der Waals surface area (Å²) >= 11 is 0. The standard InChI is InChI=1S/C22H30O3/c1-6-14(5)16(7-2)15-10-19(23)21-18-12-22(24,25-20(21)11-15)9-8-17(18)13(3)4/h6,10-11,16,18,23-24H,7-9,12H2,1-5H3. The average molecular weight is 342 g/mol. The first-order valence-electron chi connectivity index (χ1n) is 9.37. The summed E-state index contributed by atoms with van der Waals surface area (Å²) in [6.07, 6.45) is 5.04. The van der Waals surface area contributed by atoms with Crippen molar-refractivity contribution < 1.29 is 14.9 Å². The third kappa shape index (κ3) is 3.10. The van der Waals surface area contributed by atoms with E-state index in [0.717, 1.165) is 24.0 Å². The van der Waals surface area contributed by atoms with E-state index in [1.165, 1.54) is 16.7 Å². The molecule has 3 heteroatoms. The first-order chi connectivity index (χ1) is 11.8. The zero-order valence-electron chi connectivity index (χ0n) is 16.0. The number of rotatable bonds is 3. The molecule has 3 rings (SSSR count). The highest BCUT2D eigenvalue weighted by Crippen LogP contribution is 2.54. The third-order valence-electron chi connectivity index (χ3n) is 5.98. The normalized spacial score (nSPS) is 26.7. The van der Waals surface area contributed by atoms with Crippen LogP contribution in [0.25, 0.3) is 0 Å². The van der Waals surface area contributed by atoms with Crippen molar-refractivity contribution in [3.63, 3.8) is 0 Å². The summed E-state index contributed by atoms with van der Waals surface area (Å²) in [7, 11) is 0. The van der Waals surface area contributed by atoms with Crippen LogP contribution in [0.5, 0.6) is 11.5 Å². The molecule has 0 amide bonds. The number of aromatic hydroxyl groups is 1. The number of benzene rings is 1. The van der Waals surface area contributed by atoms with Gasteiger partial charge in [0.15, 0.2) is 0 Å². The van der Waals surface area contributed by atoms with Crippen molar-refractivity contribution in [2.75, 3.05) is 0 Å². The van der Waals surface area contributed by atoms with Crippen molar-refractivity contribution >= 4 is 0 Å². The molecule has 2 bridgehead atoms. The van der Waals surface area contributed by atoms with Crippen molar-refractivity contribution in [2.24, 2.45) is 0 Å². The van der Waals surface area contributed by atoms with Crippen LogP contribution in [-0.4, -0.2) is 16.0 Å². The van der Waals surface area contributed by atoms with Gasteiger partial charge < -0.3 is 14.9 Å². The number of aliphatic hydroxyl groups is 1. The molecule has 1 aromatic carbocycles. The van der Waals surface area contributed by atoms with Gasteiger partial charge in [0.05, 0.1) is 0 Å². The van der Waals surface area contributed by atoms with E-state index in [-0.39, 0.29) is 11.8 Å². The van der Waals surface area contributed by atoms with E-state index in [1.54, 1.807) is 0 Å². The Morgan fingerprint density at radius 3 is 2.68 bits per heavy atom. The van der Waals surface area contributed by atoms with Crippen LogP contribution in [0.4, 0.5) is 0 Å². The lowest BCUT2D eigenvalue weighted by molar-refractivity contribution is -0.165. The molecule has 0 radical (unpaired) electrons. The molecule has 136 valence electrons. The highest BCUT2D eigenvalue weighted by Gasteiger charge is 2.46. The largest absolute Gasteiger partial charge is 0.507 e. The van der Waals surface area contributed by atoms with E-state index in [1.807, 2.05) is 19.1 Å². The minimum absolute atomic E-state index is 0.0458. The number of fused-ring (bicyclic) bond motifs is 4. The van der Waals surface area contributed by atoms with E-state index >= 15 is 0 Å². The first-order valence-corrected chi connectivity index (χ1v) is 9.37. The Morgan fingerprint density at radius 2 is 2.08 bits per heavy atom. The minimum atomic E-state index is -1.11. The average Bonchev–Trinajstić information content (AvgIpc) is 2.53. The summed E-state index contributed by atoms with van der Waals surface area (Å²) in [5.74, 6) is 0.129. The maximum atomic E-state index is 10.8. The lowest BCUT2D eigenvalue weighted by Gasteiger charge is -2.44. The second kappa shape index (κ2) is 6.53. The summed E-state index contributed by atoms with van der Waals surface area (Å²) in [5.41, 5.74) is 5.78. The summed E-state index contributed by atoms with van der Waals surface area (Å²) in [6, 6.07) is 3.92. The molecule has 1 aliphatic heterocycles. The monoisotopic (exact) mass is 342 g/mol. The molecule has 1 aromatic rings. The predicted octanol–water partition coefficient (Wildman–Crippen LogP) is 5.54. The molecule has 1 saturated carbocycles. The van der Waals surface area contributed by atoms with Crippen molar-refractivity contribution in [1.29, 1.82) is 0 Å². The summed E-state index contributed by atoms with van der Waals surface area (Å²) < 4.78 is 6.00. The van der Waals surface area contributed by atoms with E-state index in [9.17, 15) is 10.2 Å². The Morgan fingerprint density at radius 1 is 1.36 bits per heavy atom. The van der Waals surface area contributed by atoms with Gasteiger partial charge in [-0.1, -0.05) is 29.7 Å². The molecule has 2 N–H and O–H groups in total. The van der Waals surface area contributed by atoms with Gasteiger partial charge in [0, 0.05) is 30.2 Å². The number of ether oxygens (including phenoxy) is 1. The molecule has 0 saturated heterocycles. The quantitative estimate of drug-likeness (QED) is 0.709. The highest BCUT2D eigenvalue weighted by molar-refractivity contribution is 5.56. The number of phenols is 1. The van der Waals surface area contributed by atoms with Gasteiger partial charge in [0.25, 0.3) is 0 Å². The number of hydrogen-bond acceptors (Lipinski definition) is 3. The van der Waals surface area contributed by atoms with Crippen molar-refractivity contribution in [2.45, 2.75) is 77.9 Å². The SMILES string of the molecule is CC=C(C)C(CC)c1cc(O)c2c(c1)OC1(O)CCC(=C(C)C)C2C1. The summed E-state index contributed by atoms with van der Waals surface area (Å²) in [6.45, 7) is 10.5. The Kier molecular flexibility index (Phi) is 4.72. The molecule has 3 nitrogen and oxygen atoms in total. The fourth-order valence-corrected chi connectivity index (χ4v) is 4.51. The molecule has 25 heavy (non-hydrogen) atoms. The Balaban J connectivity index is 2.14. The summed E-state index contributed by atoms with van der Waals surface area (Å²) in [5, 5.41) is 21.7. The second-order valence-corrected chi connectivity index (χ2v) is 7.78. The number of allylic oxidation sites excluding steroid dienone is 4. The Hall–Kier alpha value is -1.74. The Bertz CT molecular complexity index is 740. The number of hydrogen-bond donors (Lipinski definition) is 2. The van der Waals surface area contributed by atoms with Crippen LogP contribution in [0, 0.1) is 0 Å². The van der Waals surface area contributed by atoms with E-state index in [2.05, 4.69) is 33.8 Å². The molecular formula is C22H30O3. The fraction of sp³-hybridized carbons (Fsp3) is 0.545. The maximum absolute atomic E-state index is 10.8. The molecular weight excluding hydrogens is 312 g/mol. The van der Waals surface area contributed by atoms with E-state index < -0.39 is 5.79 Å². The molecule has 1 aliphatic carbocycles. The van der Waals surface area contributed by atoms with Gasteiger partial charge in [-0.3, -0.25) is 0 Å². The van der Waals surface area contributed by atoms with Crippen molar-refractivity contribution in [1.82, 2.24) is 0 Å². The maximum Gasteiger partial charge on any atom is 0.209 e. The lowest BCUT2D eigenvalue weighted by Crippen LogP contribution is -2.44. The van der Waals surface area contributed by atoms with Crippen molar-refractivity contribution in [3.8, 4) is 11.5 Å². The Labute approximate surface area is 151 Å². The number of phenolic OH excluding ortho intramolecular Hbond substituents is 1. The highest BCUT2D eigenvalue weighted by atomic mass is 16.6. The molecule has 2 aliphatic rings. The van der Waals surface area contributed by atoms with Crippen LogP contribution in [0.3, 0.4) is 0 Å². The molecule has 1 heterocycles. The third-order valence-corrected chi connectivity index (χ3v) is 5.98. The summed E-state index contributed by atoms with van der Waals surface area (Å²) in [4.78, 5) is 0. The molecule has 1 fully saturated rings. The lowest BCUT2D eigenvalue weighted by atomic mass is 9.72. The molecule has 0 spiro atoms. The molecule has 3 unspecified atom stereocenters.